The lowest BCUT2D eigenvalue weighted by molar-refractivity contribution is -0.115. The minimum Gasteiger partial charge on any atom is -0.364 e. The zero-order chi connectivity index (χ0) is 10.6. The lowest BCUT2D eigenvalue weighted by Crippen LogP contribution is -2.35. The van der Waals surface area contributed by atoms with Gasteiger partial charge in [-0.2, -0.15) is 0 Å². The molecule has 76 valence electrons. The van der Waals surface area contributed by atoms with Crippen LogP contribution in [0, 0.1) is 0 Å². The Morgan fingerprint density at radius 2 is 1.93 bits per heavy atom. The smallest absolute Gasteiger partial charge is 0.243 e. The number of carbonyl (C=O) groups excluding carboxylic acids is 1. The summed E-state index contributed by atoms with van der Waals surface area (Å²) in [6.45, 7) is 4.44. The highest BCUT2D eigenvalue weighted by molar-refractivity contribution is 6.00. The molecule has 0 saturated heterocycles. The molecule has 0 atom stereocenters. The van der Waals surface area contributed by atoms with E-state index < -0.39 is 0 Å². The second kappa shape index (κ2) is 4.65. The number of benzene rings is 1. The molecule has 1 aliphatic rings. The Labute approximate surface area is 84.7 Å². The van der Waals surface area contributed by atoms with Crippen molar-refractivity contribution in [2.45, 2.75) is 13.8 Å². The van der Waals surface area contributed by atoms with Crippen molar-refractivity contribution in [3.63, 3.8) is 0 Å². The fourth-order valence-corrected chi connectivity index (χ4v) is 1.40. The number of carbonyl (C=O) groups is 1. The molecule has 1 heterocycles. The highest BCUT2D eigenvalue weighted by Gasteiger charge is 2.17. The average Bonchev–Trinajstić information content (AvgIpc) is 2.20. The van der Waals surface area contributed by atoms with Gasteiger partial charge in [0, 0.05) is 7.05 Å². The number of nitrogens with zero attached hydrogens (tertiary/aromatic N) is 1. The monoisotopic (exact) mass is 192 g/mol. The molecular formula is C11H16N2O. The maximum Gasteiger partial charge on any atom is 0.243 e. The van der Waals surface area contributed by atoms with Gasteiger partial charge in [-0.05, 0) is 12.1 Å². The van der Waals surface area contributed by atoms with Crippen LogP contribution in [0.25, 0.3) is 0 Å². The number of hydrogen-bond donors (Lipinski definition) is 1. The van der Waals surface area contributed by atoms with Crippen LogP contribution in [0.3, 0.4) is 0 Å². The summed E-state index contributed by atoms with van der Waals surface area (Å²) < 4.78 is 0. The Morgan fingerprint density at radius 1 is 1.29 bits per heavy atom. The van der Waals surface area contributed by atoms with E-state index in [0.717, 1.165) is 11.4 Å². The van der Waals surface area contributed by atoms with Gasteiger partial charge < -0.3 is 10.2 Å². The molecule has 2 rings (SSSR count). The maximum absolute atomic E-state index is 11.1. The van der Waals surface area contributed by atoms with Gasteiger partial charge in [0.1, 0.15) is 0 Å². The first-order chi connectivity index (χ1) is 6.77. The van der Waals surface area contributed by atoms with Crippen LogP contribution in [-0.2, 0) is 4.79 Å². The van der Waals surface area contributed by atoms with Crippen molar-refractivity contribution >= 4 is 17.3 Å². The molecule has 3 heteroatoms. The number of para-hydroxylation sites is 2. The predicted octanol–water partition coefficient (Wildman–Crippen LogP) is 2.10. The van der Waals surface area contributed by atoms with Crippen molar-refractivity contribution in [3.8, 4) is 0 Å². The summed E-state index contributed by atoms with van der Waals surface area (Å²) in [4.78, 5) is 13.0. The van der Waals surface area contributed by atoms with Gasteiger partial charge in [-0.3, -0.25) is 4.79 Å². The van der Waals surface area contributed by atoms with E-state index in [1.165, 1.54) is 0 Å². The summed E-state index contributed by atoms with van der Waals surface area (Å²) in [5.41, 5.74) is 1.98. The van der Waals surface area contributed by atoms with E-state index in [-0.39, 0.29) is 5.91 Å². The maximum atomic E-state index is 11.1. The van der Waals surface area contributed by atoms with Crippen molar-refractivity contribution in [2.24, 2.45) is 0 Å². The zero-order valence-corrected chi connectivity index (χ0v) is 8.87. The van der Waals surface area contributed by atoms with Gasteiger partial charge in [-0.1, -0.05) is 26.0 Å². The Bertz CT molecular complexity index is 323. The highest BCUT2D eigenvalue weighted by Crippen LogP contribution is 2.26. The van der Waals surface area contributed by atoms with Gasteiger partial charge in [0.15, 0.2) is 0 Å². The molecule has 0 radical (unpaired) electrons. The SMILES string of the molecule is CC.CN1CC(=O)Nc2ccccc21. The average molecular weight is 192 g/mol. The number of rotatable bonds is 0. The molecule has 1 aliphatic heterocycles. The third-order valence-electron chi connectivity index (χ3n) is 1.97. The summed E-state index contributed by atoms with van der Waals surface area (Å²) in [6.07, 6.45) is 0. The normalized spacial score (nSPS) is 13.6. The molecule has 1 aromatic rings. The second-order valence-corrected chi connectivity index (χ2v) is 2.92. The third kappa shape index (κ3) is 2.05. The van der Waals surface area contributed by atoms with Crippen LogP contribution in [0.15, 0.2) is 24.3 Å². The summed E-state index contributed by atoms with van der Waals surface area (Å²) in [5.74, 6) is 0.0520. The lowest BCUT2D eigenvalue weighted by Gasteiger charge is -2.26. The standard InChI is InChI=1S/C9H10N2O.C2H6/c1-11-6-9(12)10-7-4-2-3-5-8(7)11;1-2/h2-5H,6H2,1H3,(H,10,12);1-2H3. The van der Waals surface area contributed by atoms with E-state index in [9.17, 15) is 4.79 Å². The quantitative estimate of drug-likeness (QED) is 0.682. The summed E-state index contributed by atoms with van der Waals surface area (Å²) in [7, 11) is 1.91. The van der Waals surface area contributed by atoms with Crippen molar-refractivity contribution in [1.82, 2.24) is 0 Å². The fourth-order valence-electron chi connectivity index (χ4n) is 1.40. The van der Waals surface area contributed by atoms with Crippen LogP contribution in [0.4, 0.5) is 11.4 Å². The molecule has 0 aromatic heterocycles. The number of amides is 1. The summed E-state index contributed by atoms with van der Waals surface area (Å²) >= 11 is 0. The molecule has 0 spiro atoms. The van der Waals surface area contributed by atoms with Crippen LogP contribution in [0.2, 0.25) is 0 Å². The minimum atomic E-state index is 0.0520. The van der Waals surface area contributed by atoms with E-state index in [0.29, 0.717) is 6.54 Å². The molecule has 1 aromatic carbocycles. The van der Waals surface area contributed by atoms with Gasteiger partial charge in [-0.25, -0.2) is 0 Å². The lowest BCUT2D eigenvalue weighted by atomic mass is 10.2. The largest absolute Gasteiger partial charge is 0.364 e. The first kappa shape index (κ1) is 10.6. The molecule has 0 fully saturated rings. The van der Waals surface area contributed by atoms with Crippen LogP contribution in [0.5, 0.6) is 0 Å². The molecule has 0 saturated carbocycles. The van der Waals surface area contributed by atoms with Crippen LogP contribution >= 0.6 is 0 Å². The Kier molecular flexibility index (Phi) is 3.51. The van der Waals surface area contributed by atoms with Gasteiger partial charge >= 0.3 is 0 Å². The first-order valence-electron chi connectivity index (χ1n) is 4.87. The number of fused-ring (bicyclic) bond motifs is 1. The first-order valence-corrected chi connectivity index (χ1v) is 4.87. The molecule has 0 unspecified atom stereocenters. The number of anilines is 2. The molecule has 1 N–H and O–H groups in total. The van der Waals surface area contributed by atoms with E-state index in [1.54, 1.807) is 0 Å². The molecule has 3 nitrogen and oxygen atoms in total. The van der Waals surface area contributed by atoms with Gasteiger partial charge in [0.05, 0.1) is 17.9 Å². The number of hydrogen-bond acceptors (Lipinski definition) is 2. The Morgan fingerprint density at radius 3 is 2.64 bits per heavy atom. The highest BCUT2D eigenvalue weighted by atomic mass is 16.2. The van der Waals surface area contributed by atoms with Crippen LogP contribution in [-0.4, -0.2) is 19.5 Å². The minimum absolute atomic E-state index is 0.0520. The second-order valence-electron chi connectivity index (χ2n) is 2.92. The van der Waals surface area contributed by atoms with Gasteiger partial charge in [-0.15, -0.1) is 0 Å². The van der Waals surface area contributed by atoms with Crippen molar-refractivity contribution in [3.05, 3.63) is 24.3 Å². The van der Waals surface area contributed by atoms with E-state index >= 15 is 0 Å². The van der Waals surface area contributed by atoms with E-state index in [2.05, 4.69) is 5.32 Å². The predicted molar refractivity (Wildman–Crippen MR) is 59.7 cm³/mol. The van der Waals surface area contributed by atoms with Crippen LogP contribution < -0.4 is 10.2 Å². The Balaban J connectivity index is 0.000000461. The summed E-state index contributed by atoms with van der Waals surface area (Å²) in [6, 6.07) is 7.78. The number of likely N-dealkylation sites (N-methyl/N-ethyl adjacent to an activating group) is 1. The molecule has 0 bridgehead atoms. The van der Waals surface area contributed by atoms with E-state index in [1.807, 2.05) is 50.1 Å². The van der Waals surface area contributed by atoms with Gasteiger partial charge in [0.2, 0.25) is 5.91 Å². The molecule has 14 heavy (non-hydrogen) atoms. The number of nitrogens with one attached hydrogen (secondary N) is 1. The van der Waals surface area contributed by atoms with E-state index in [4.69, 9.17) is 0 Å². The van der Waals surface area contributed by atoms with Gasteiger partial charge in [0.25, 0.3) is 0 Å². The van der Waals surface area contributed by atoms with Crippen LogP contribution in [0.1, 0.15) is 13.8 Å². The molecule has 1 amide bonds. The van der Waals surface area contributed by atoms with Crippen molar-refractivity contribution in [2.75, 3.05) is 23.8 Å². The topological polar surface area (TPSA) is 32.3 Å². The molecular weight excluding hydrogens is 176 g/mol. The summed E-state index contributed by atoms with van der Waals surface area (Å²) in [5, 5.41) is 2.81. The Hall–Kier alpha value is -1.51. The van der Waals surface area contributed by atoms with Crippen molar-refractivity contribution < 1.29 is 4.79 Å². The molecule has 0 aliphatic carbocycles. The fraction of sp³-hybridized carbons (Fsp3) is 0.364. The zero-order valence-electron chi connectivity index (χ0n) is 8.87. The van der Waals surface area contributed by atoms with Crippen molar-refractivity contribution in [1.29, 1.82) is 0 Å². The third-order valence-corrected chi connectivity index (χ3v) is 1.97.